The van der Waals surface area contributed by atoms with Crippen LogP contribution in [0.3, 0.4) is 0 Å². The number of anilines is 1. The second-order valence-electron chi connectivity index (χ2n) is 4.04. The number of halogens is 1. The van der Waals surface area contributed by atoms with Gasteiger partial charge in [0.15, 0.2) is 16.7 Å². The highest BCUT2D eigenvalue weighted by atomic mass is 35.5. The molecule has 1 aliphatic rings. The molecule has 0 aliphatic carbocycles. The Hall–Kier alpha value is -1.07. The Labute approximate surface area is 124 Å². The SMILES string of the molecule is CCCCOc1cc(NC2=NCCS2)ccc1O.Cl. The van der Waals surface area contributed by atoms with E-state index in [2.05, 4.69) is 17.2 Å². The van der Waals surface area contributed by atoms with Gasteiger partial charge in [0, 0.05) is 17.5 Å². The van der Waals surface area contributed by atoms with Gasteiger partial charge in [-0.05, 0) is 18.6 Å². The van der Waals surface area contributed by atoms with E-state index in [0.717, 1.165) is 36.0 Å². The summed E-state index contributed by atoms with van der Waals surface area (Å²) in [5.74, 6) is 1.73. The number of unbranched alkanes of at least 4 members (excludes halogenated alkanes) is 1. The van der Waals surface area contributed by atoms with E-state index in [0.29, 0.717) is 12.4 Å². The lowest BCUT2D eigenvalue weighted by Gasteiger charge is -2.10. The monoisotopic (exact) mass is 302 g/mol. The Morgan fingerprint density at radius 2 is 2.32 bits per heavy atom. The molecule has 4 nitrogen and oxygen atoms in total. The lowest BCUT2D eigenvalue weighted by Crippen LogP contribution is -2.05. The zero-order chi connectivity index (χ0) is 12.8. The van der Waals surface area contributed by atoms with Gasteiger partial charge in [-0.25, -0.2) is 0 Å². The van der Waals surface area contributed by atoms with Gasteiger partial charge in [0.25, 0.3) is 0 Å². The minimum atomic E-state index is 0. The molecule has 0 unspecified atom stereocenters. The molecule has 2 N–H and O–H groups in total. The van der Waals surface area contributed by atoms with Gasteiger partial charge in [-0.3, -0.25) is 4.99 Å². The molecular weight excluding hydrogens is 284 g/mol. The number of aliphatic imine (C=N–C) groups is 1. The van der Waals surface area contributed by atoms with Gasteiger partial charge >= 0.3 is 0 Å². The molecule has 1 aromatic rings. The van der Waals surface area contributed by atoms with Crippen LogP contribution in [0.1, 0.15) is 19.8 Å². The van der Waals surface area contributed by atoms with Crippen molar-refractivity contribution in [3.8, 4) is 11.5 Å². The van der Waals surface area contributed by atoms with Gasteiger partial charge in [-0.2, -0.15) is 0 Å². The van der Waals surface area contributed by atoms with Crippen molar-refractivity contribution in [2.24, 2.45) is 4.99 Å². The summed E-state index contributed by atoms with van der Waals surface area (Å²) in [6, 6.07) is 5.28. The molecule has 0 fully saturated rings. The molecule has 0 aromatic heterocycles. The molecule has 0 amide bonds. The first-order chi connectivity index (χ1) is 8.79. The average molecular weight is 303 g/mol. The molecule has 19 heavy (non-hydrogen) atoms. The van der Waals surface area contributed by atoms with Crippen molar-refractivity contribution in [1.29, 1.82) is 0 Å². The highest BCUT2D eigenvalue weighted by Crippen LogP contribution is 2.30. The zero-order valence-corrected chi connectivity index (χ0v) is 12.5. The summed E-state index contributed by atoms with van der Waals surface area (Å²) >= 11 is 1.70. The first-order valence-electron chi connectivity index (χ1n) is 6.19. The molecule has 0 bridgehead atoms. The molecule has 0 saturated heterocycles. The number of nitrogens with one attached hydrogen (secondary N) is 1. The minimum absolute atomic E-state index is 0. The number of nitrogens with zero attached hydrogens (tertiary/aromatic N) is 1. The summed E-state index contributed by atoms with van der Waals surface area (Å²) in [6.45, 7) is 3.60. The average Bonchev–Trinajstić information content (AvgIpc) is 2.86. The second-order valence-corrected chi connectivity index (χ2v) is 5.13. The van der Waals surface area contributed by atoms with E-state index in [1.54, 1.807) is 17.8 Å². The van der Waals surface area contributed by atoms with Crippen molar-refractivity contribution in [3.05, 3.63) is 18.2 Å². The standard InChI is InChI=1S/C13H18N2O2S.ClH/c1-2-3-7-17-12-9-10(4-5-11(12)16)15-13-14-6-8-18-13;/h4-5,9,16H,2-3,6-8H2,1H3,(H,14,15);1H. The van der Waals surface area contributed by atoms with Crippen molar-refractivity contribution in [2.75, 3.05) is 24.2 Å². The van der Waals surface area contributed by atoms with Crippen LogP contribution in [-0.2, 0) is 0 Å². The topological polar surface area (TPSA) is 53.8 Å². The number of aromatic hydroxyl groups is 1. The molecule has 106 valence electrons. The van der Waals surface area contributed by atoms with Crippen molar-refractivity contribution in [3.63, 3.8) is 0 Å². The van der Waals surface area contributed by atoms with Gasteiger partial charge in [-0.15, -0.1) is 12.4 Å². The number of phenolic OH excluding ortho intramolecular Hbond substituents is 1. The maximum Gasteiger partial charge on any atom is 0.162 e. The van der Waals surface area contributed by atoms with Crippen LogP contribution in [0.2, 0.25) is 0 Å². The van der Waals surface area contributed by atoms with Crippen LogP contribution in [0.4, 0.5) is 5.69 Å². The number of ether oxygens (including phenoxy) is 1. The minimum Gasteiger partial charge on any atom is -0.504 e. The molecule has 1 heterocycles. The molecule has 0 atom stereocenters. The van der Waals surface area contributed by atoms with Crippen LogP contribution >= 0.6 is 24.2 Å². The van der Waals surface area contributed by atoms with Crippen molar-refractivity contribution >= 4 is 35.0 Å². The quantitative estimate of drug-likeness (QED) is 0.645. The Balaban J connectivity index is 0.00000180. The van der Waals surface area contributed by atoms with Gasteiger partial charge in [0.05, 0.1) is 13.2 Å². The predicted octanol–water partition coefficient (Wildman–Crippen LogP) is 3.51. The highest BCUT2D eigenvalue weighted by Gasteiger charge is 2.09. The Kier molecular flexibility index (Phi) is 6.87. The maximum atomic E-state index is 9.71. The van der Waals surface area contributed by atoms with Gasteiger partial charge < -0.3 is 15.2 Å². The van der Waals surface area contributed by atoms with Crippen molar-refractivity contribution in [2.45, 2.75) is 19.8 Å². The highest BCUT2D eigenvalue weighted by molar-refractivity contribution is 8.14. The molecule has 1 aromatic carbocycles. The van der Waals surface area contributed by atoms with Crippen molar-refractivity contribution in [1.82, 2.24) is 0 Å². The molecule has 0 radical (unpaired) electrons. The van der Waals surface area contributed by atoms with E-state index in [1.165, 1.54) is 0 Å². The summed E-state index contributed by atoms with van der Waals surface area (Å²) in [5, 5.41) is 13.9. The summed E-state index contributed by atoms with van der Waals surface area (Å²) in [7, 11) is 0. The third-order valence-corrected chi connectivity index (χ3v) is 3.44. The Morgan fingerprint density at radius 1 is 1.47 bits per heavy atom. The first kappa shape index (κ1) is 16.0. The third kappa shape index (κ3) is 4.84. The Bertz CT molecular complexity index is 441. The van der Waals surface area contributed by atoms with Crippen LogP contribution in [0, 0.1) is 0 Å². The van der Waals surface area contributed by atoms with E-state index in [9.17, 15) is 5.11 Å². The normalized spacial score (nSPS) is 13.6. The summed E-state index contributed by atoms with van der Waals surface area (Å²) in [6.07, 6.45) is 2.06. The molecule has 0 spiro atoms. The van der Waals surface area contributed by atoms with Crippen LogP contribution in [0.5, 0.6) is 11.5 Å². The maximum absolute atomic E-state index is 9.71. The number of phenols is 1. The van der Waals surface area contributed by atoms with E-state index in [-0.39, 0.29) is 18.2 Å². The summed E-state index contributed by atoms with van der Waals surface area (Å²) in [5.41, 5.74) is 0.896. The molecule has 0 saturated carbocycles. The van der Waals surface area contributed by atoms with Gasteiger partial charge in [-0.1, -0.05) is 25.1 Å². The molecule has 6 heteroatoms. The number of amidine groups is 1. The molecule has 2 rings (SSSR count). The Morgan fingerprint density at radius 3 is 3.00 bits per heavy atom. The number of rotatable bonds is 5. The van der Waals surface area contributed by atoms with E-state index in [4.69, 9.17) is 4.74 Å². The van der Waals surface area contributed by atoms with E-state index < -0.39 is 0 Å². The molecular formula is C13H19ClN2O2S. The van der Waals surface area contributed by atoms with E-state index >= 15 is 0 Å². The van der Waals surface area contributed by atoms with Gasteiger partial charge in [0.1, 0.15) is 0 Å². The predicted molar refractivity (Wildman–Crippen MR) is 84.1 cm³/mol. The largest absolute Gasteiger partial charge is 0.504 e. The summed E-state index contributed by atoms with van der Waals surface area (Å²) < 4.78 is 5.55. The lowest BCUT2D eigenvalue weighted by molar-refractivity contribution is 0.293. The lowest BCUT2D eigenvalue weighted by atomic mass is 10.2. The number of thioether (sulfide) groups is 1. The van der Waals surface area contributed by atoms with Crippen molar-refractivity contribution < 1.29 is 9.84 Å². The van der Waals surface area contributed by atoms with Crippen LogP contribution in [0.15, 0.2) is 23.2 Å². The van der Waals surface area contributed by atoms with Gasteiger partial charge in [0.2, 0.25) is 0 Å². The fourth-order valence-corrected chi connectivity index (χ4v) is 2.32. The molecule has 1 aliphatic heterocycles. The zero-order valence-electron chi connectivity index (χ0n) is 10.9. The smallest absolute Gasteiger partial charge is 0.162 e. The van der Waals surface area contributed by atoms with Crippen LogP contribution in [-0.4, -0.2) is 29.2 Å². The number of hydrogen-bond donors (Lipinski definition) is 2. The summed E-state index contributed by atoms with van der Waals surface area (Å²) in [4.78, 5) is 4.32. The first-order valence-corrected chi connectivity index (χ1v) is 7.18. The number of hydrogen-bond acceptors (Lipinski definition) is 5. The number of benzene rings is 1. The second kappa shape index (κ2) is 8.17. The van der Waals surface area contributed by atoms with E-state index in [1.807, 2.05) is 12.1 Å². The fourth-order valence-electron chi connectivity index (χ4n) is 1.57. The third-order valence-electron chi connectivity index (χ3n) is 2.55. The van der Waals surface area contributed by atoms with Crippen LogP contribution in [0.25, 0.3) is 0 Å². The fraction of sp³-hybridized carbons (Fsp3) is 0.462. The van der Waals surface area contributed by atoms with Crippen LogP contribution < -0.4 is 10.1 Å².